The molecular formula is C15H17NO3. The highest BCUT2D eigenvalue weighted by molar-refractivity contribution is 5.80. The van der Waals surface area contributed by atoms with Crippen LogP contribution < -0.4 is 4.74 Å². The normalized spacial score (nSPS) is 36.2. The SMILES string of the molecule is O=C(O)[C@]12CCCN1[C@H]1c3ccccc3OC[C@H]1C2. The number of carboxylic acids is 1. The highest BCUT2D eigenvalue weighted by Crippen LogP contribution is 2.55. The van der Waals surface area contributed by atoms with Gasteiger partial charge in [-0.05, 0) is 31.9 Å². The van der Waals surface area contributed by atoms with Gasteiger partial charge >= 0.3 is 5.97 Å². The second kappa shape index (κ2) is 3.73. The summed E-state index contributed by atoms with van der Waals surface area (Å²) in [4.78, 5) is 14.0. The number of benzene rings is 1. The van der Waals surface area contributed by atoms with Crippen LogP contribution in [0.15, 0.2) is 24.3 Å². The first-order valence-electron chi connectivity index (χ1n) is 6.94. The summed E-state index contributed by atoms with van der Waals surface area (Å²) in [5, 5.41) is 9.69. The maximum Gasteiger partial charge on any atom is 0.324 e. The van der Waals surface area contributed by atoms with Crippen LogP contribution >= 0.6 is 0 Å². The summed E-state index contributed by atoms with van der Waals surface area (Å²) in [7, 11) is 0. The lowest BCUT2D eigenvalue weighted by atomic mass is 9.86. The lowest BCUT2D eigenvalue weighted by molar-refractivity contribution is -0.148. The van der Waals surface area contributed by atoms with E-state index >= 15 is 0 Å². The van der Waals surface area contributed by atoms with Gasteiger partial charge in [-0.1, -0.05) is 18.2 Å². The molecule has 4 heteroatoms. The molecule has 3 aliphatic heterocycles. The summed E-state index contributed by atoms with van der Waals surface area (Å²) in [5.41, 5.74) is 0.527. The molecule has 3 atom stereocenters. The van der Waals surface area contributed by atoms with Crippen molar-refractivity contribution >= 4 is 5.97 Å². The molecule has 100 valence electrons. The van der Waals surface area contributed by atoms with Crippen LogP contribution in [-0.4, -0.2) is 34.7 Å². The summed E-state index contributed by atoms with van der Waals surface area (Å²) in [6.07, 6.45) is 2.48. The maximum atomic E-state index is 11.8. The minimum absolute atomic E-state index is 0.226. The van der Waals surface area contributed by atoms with Gasteiger partial charge in [0.2, 0.25) is 0 Å². The molecule has 0 aliphatic carbocycles. The van der Waals surface area contributed by atoms with E-state index in [9.17, 15) is 9.90 Å². The van der Waals surface area contributed by atoms with Gasteiger partial charge in [0, 0.05) is 17.5 Å². The molecule has 19 heavy (non-hydrogen) atoms. The average Bonchev–Trinajstić information content (AvgIpc) is 2.95. The first-order valence-corrected chi connectivity index (χ1v) is 6.94. The number of carboxylic acid groups (broad SMARTS) is 1. The van der Waals surface area contributed by atoms with E-state index in [4.69, 9.17) is 4.74 Å². The second-order valence-corrected chi connectivity index (χ2v) is 5.89. The van der Waals surface area contributed by atoms with Gasteiger partial charge in [-0.25, -0.2) is 0 Å². The van der Waals surface area contributed by atoms with E-state index in [1.165, 1.54) is 5.56 Å². The number of carbonyl (C=O) groups is 1. The number of fused-ring (bicyclic) bond motifs is 5. The van der Waals surface area contributed by atoms with Crippen LogP contribution in [0.3, 0.4) is 0 Å². The fourth-order valence-corrected chi connectivity index (χ4v) is 4.27. The van der Waals surface area contributed by atoms with Crippen molar-refractivity contribution in [1.82, 2.24) is 4.90 Å². The molecule has 0 bridgehead atoms. The van der Waals surface area contributed by atoms with Crippen molar-refractivity contribution in [2.45, 2.75) is 30.8 Å². The van der Waals surface area contributed by atoms with E-state index in [1.54, 1.807) is 0 Å². The largest absolute Gasteiger partial charge is 0.493 e. The number of para-hydroxylation sites is 1. The van der Waals surface area contributed by atoms with Gasteiger partial charge in [0.1, 0.15) is 11.3 Å². The fraction of sp³-hybridized carbons (Fsp3) is 0.533. The lowest BCUT2D eigenvalue weighted by Crippen LogP contribution is -2.46. The molecule has 1 N–H and O–H groups in total. The number of ether oxygens (including phenoxy) is 1. The zero-order valence-electron chi connectivity index (χ0n) is 10.7. The zero-order chi connectivity index (χ0) is 13.0. The number of nitrogens with zero attached hydrogens (tertiary/aromatic N) is 1. The minimum atomic E-state index is -0.656. The van der Waals surface area contributed by atoms with Gasteiger partial charge in [0.25, 0.3) is 0 Å². The molecule has 1 aromatic carbocycles. The van der Waals surface area contributed by atoms with E-state index < -0.39 is 11.5 Å². The number of rotatable bonds is 1. The van der Waals surface area contributed by atoms with E-state index in [2.05, 4.69) is 11.0 Å². The van der Waals surface area contributed by atoms with Crippen molar-refractivity contribution in [2.24, 2.45) is 5.92 Å². The molecule has 0 spiro atoms. The van der Waals surface area contributed by atoms with Crippen LogP contribution in [-0.2, 0) is 4.79 Å². The number of hydrogen-bond acceptors (Lipinski definition) is 3. The molecular weight excluding hydrogens is 242 g/mol. The maximum absolute atomic E-state index is 11.8. The molecule has 0 aromatic heterocycles. The third-order valence-corrected chi connectivity index (χ3v) is 5.01. The Balaban J connectivity index is 1.82. The third kappa shape index (κ3) is 1.35. The van der Waals surface area contributed by atoms with Crippen molar-refractivity contribution in [3.63, 3.8) is 0 Å². The number of aliphatic carboxylic acids is 1. The topological polar surface area (TPSA) is 49.8 Å². The molecule has 4 rings (SSSR count). The molecule has 0 amide bonds. The lowest BCUT2D eigenvalue weighted by Gasteiger charge is -2.34. The van der Waals surface area contributed by atoms with E-state index in [-0.39, 0.29) is 6.04 Å². The smallest absolute Gasteiger partial charge is 0.324 e. The molecule has 2 saturated heterocycles. The number of hydrogen-bond donors (Lipinski definition) is 1. The second-order valence-electron chi connectivity index (χ2n) is 5.89. The van der Waals surface area contributed by atoms with Crippen LogP contribution in [0.2, 0.25) is 0 Å². The van der Waals surface area contributed by atoms with Crippen LogP contribution in [0, 0.1) is 5.92 Å². The molecule has 0 saturated carbocycles. The Bertz CT molecular complexity index is 544. The Morgan fingerprint density at radius 3 is 3.11 bits per heavy atom. The highest BCUT2D eigenvalue weighted by Gasteiger charge is 2.60. The quantitative estimate of drug-likeness (QED) is 0.838. The molecule has 1 aromatic rings. The van der Waals surface area contributed by atoms with Crippen LogP contribution in [0.4, 0.5) is 0 Å². The van der Waals surface area contributed by atoms with E-state index in [1.807, 2.05) is 18.2 Å². The first kappa shape index (κ1) is 11.3. The van der Waals surface area contributed by atoms with E-state index in [0.717, 1.165) is 31.6 Å². The summed E-state index contributed by atoms with van der Waals surface area (Å²) in [5.74, 6) is 0.583. The van der Waals surface area contributed by atoms with Crippen molar-refractivity contribution < 1.29 is 14.6 Å². The van der Waals surface area contributed by atoms with Crippen LogP contribution in [0.1, 0.15) is 30.9 Å². The van der Waals surface area contributed by atoms with Gasteiger partial charge in [0.15, 0.2) is 0 Å². The fourth-order valence-electron chi connectivity index (χ4n) is 4.27. The molecule has 3 aliphatic rings. The Kier molecular flexibility index (Phi) is 2.22. The van der Waals surface area contributed by atoms with Gasteiger partial charge in [-0.15, -0.1) is 0 Å². The standard InChI is InChI=1S/C15H17NO3/c17-14(18)15-6-3-7-16(15)13-10(8-15)9-19-12-5-2-1-4-11(12)13/h1-2,4-5,10,13H,3,6-9H2,(H,17,18)/t10-,13-,15-/m1/s1. The molecule has 2 fully saturated rings. The molecule has 4 nitrogen and oxygen atoms in total. The predicted molar refractivity (Wildman–Crippen MR) is 69.1 cm³/mol. The Morgan fingerprint density at radius 2 is 2.26 bits per heavy atom. The monoisotopic (exact) mass is 259 g/mol. The van der Waals surface area contributed by atoms with Crippen molar-refractivity contribution in [1.29, 1.82) is 0 Å². The van der Waals surface area contributed by atoms with Gasteiger partial charge in [-0.2, -0.15) is 0 Å². The van der Waals surface area contributed by atoms with Gasteiger partial charge in [-0.3, -0.25) is 9.69 Å². The Labute approximate surface area is 112 Å². The predicted octanol–water partition coefficient (Wildman–Crippen LogP) is 2.06. The summed E-state index contributed by atoms with van der Waals surface area (Å²) >= 11 is 0. The molecule has 3 heterocycles. The van der Waals surface area contributed by atoms with E-state index in [0.29, 0.717) is 12.5 Å². The minimum Gasteiger partial charge on any atom is -0.493 e. The summed E-state index contributed by atoms with van der Waals surface area (Å²) in [6, 6.07) is 8.29. The Morgan fingerprint density at radius 1 is 1.42 bits per heavy atom. The van der Waals surface area contributed by atoms with Crippen molar-refractivity contribution in [3.8, 4) is 5.75 Å². The highest BCUT2D eigenvalue weighted by atomic mass is 16.5. The Hall–Kier alpha value is -1.55. The first-order chi connectivity index (χ1) is 9.22. The molecule has 0 radical (unpaired) electrons. The van der Waals surface area contributed by atoms with Gasteiger partial charge in [0.05, 0.1) is 6.61 Å². The zero-order valence-corrected chi connectivity index (χ0v) is 10.7. The van der Waals surface area contributed by atoms with Crippen molar-refractivity contribution in [2.75, 3.05) is 13.2 Å². The third-order valence-electron chi connectivity index (χ3n) is 5.01. The van der Waals surface area contributed by atoms with Crippen LogP contribution in [0.25, 0.3) is 0 Å². The average molecular weight is 259 g/mol. The molecule has 0 unspecified atom stereocenters. The summed E-state index contributed by atoms with van der Waals surface area (Å²) in [6.45, 7) is 1.54. The summed E-state index contributed by atoms with van der Waals surface area (Å²) < 4.78 is 5.81. The van der Waals surface area contributed by atoms with Gasteiger partial charge < -0.3 is 9.84 Å². The van der Waals surface area contributed by atoms with Crippen molar-refractivity contribution in [3.05, 3.63) is 29.8 Å². The van der Waals surface area contributed by atoms with Crippen LogP contribution in [0.5, 0.6) is 5.75 Å².